The summed E-state index contributed by atoms with van der Waals surface area (Å²) < 4.78 is 3.43. The van der Waals surface area contributed by atoms with Crippen molar-refractivity contribution in [1.29, 1.82) is 0 Å². The summed E-state index contributed by atoms with van der Waals surface area (Å²) in [5, 5.41) is 3.35. The molecule has 5 rings (SSSR count). The molecule has 1 aliphatic rings. The summed E-state index contributed by atoms with van der Waals surface area (Å²) in [5.74, 6) is 1.36. The number of likely N-dealkylation sites (tertiary alicyclic amines) is 1. The lowest BCUT2D eigenvalue weighted by Crippen LogP contribution is -2.32. The van der Waals surface area contributed by atoms with Gasteiger partial charge in [0.15, 0.2) is 0 Å². The third-order valence-electron chi connectivity index (χ3n) is 6.81. The van der Waals surface area contributed by atoms with E-state index in [1.165, 1.54) is 11.3 Å². The predicted octanol–water partition coefficient (Wildman–Crippen LogP) is 4.10. The molecule has 3 aromatic heterocycles. The number of nitrogens with one attached hydrogen (secondary N) is 1. The Labute approximate surface area is 193 Å². The second-order valence-corrected chi connectivity index (χ2v) is 9.04. The number of benzene rings is 1. The number of rotatable bonds is 5. The van der Waals surface area contributed by atoms with Gasteiger partial charge in [0, 0.05) is 38.4 Å². The molecule has 4 heterocycles. The van der Waals surface area contributed by atoms with Gasteiger partial charge >= 0.3 is 5.69 Å². The van der Waals surface area contributed by atoms with Gasteiger partial charge in [0.2, 0.25) is 0 Å². The number of aryl methyl sites for hydroxylation is 3. The van der Waals surface area contributed by atoms with Gasteiger partial charge in [-0.15, -0.1) is 0 Å². The van der Waals surface area contributed by atoms with Crippen molar-refractivity contribution in [3.05, 3.63) is 82.2 Å². The molecule has 0 saturated carbocycles. The van der Waals surface area contributed by atoms with Gasteiger partial charge in [0.05, 0.1) is 22.9 Å². The fraction of sp³-hybridized carbons (Fsp3) is 0.346. The lowest BCUT2D eigenvalue weighted by molar-refractivity contribution is 0.203. The molecule has 0 atom stereocenters. The van der Waals surface area contributed by atoms with Crippen LogP contribution in [0.25, 0.3) is 11.0 Å². The molecule has 170 valence electrons. The highest BCUT2D eigenvalue weighted by Gasteiger charge is 2.22. The van der Waals surface area contributed by atoms with E-state index in [1.54, 1.807) is 15.3 Å². The number of piperidine rings is 1. The van der Waals surface area contributed by atoms with Crippen LogP contribution < -0.4 is 11.0 Å². The average molecular weight is 443 g/mol. The maximum Gasteiger partial charge on any atom is 0.328 e. The molecule has 0 aliphatic carbocycles. The number of pyridine rings is 2. The van der Waals surface area contributed by atoms with E-state index in [1.807, 2.05) is 39.3 Å². The van der Waals surface area contributed by atoms with E-state index < -0.39 is 0 Å². The Morgan fingerprint density at radius 3 is 2.52 bits per heavy atom. The Kier molecular flexibility index (Phi) is 5.72. The van der Waals surface area contributed by atoms with Crippen LogP contribution in [0.5, 0.6) is 0 Å². The van der Waals surface area contributed by atoms with E-state index in [0.717, 1.165) is 60.6 Å². The van der Waals surface area contributed by atoms with Crippen LogP contribution in [0.2, 0.25) is 0 Å². The number of anilines is 2. The molecule has 1 N–H and O–H groups in total. The van der Waals surface area contributed by atoms with Gasteiger partial charge in [-0.25, -0.2) is 9.78 Å². The van der Waals surface area contributed by atoms with Gasteiger partial charge in [-0.3, -0.25) is 19.0 Å². The fourth-order valence-corrected chi connectivity index (χ4v) is 4.77. The molecule has 1 fully saturated rings. The normalized spacial score (nSPS) is 15.2. The average Bonchev–Trinajstić information content (AvgIpc) is 3.05. The highest BCUT2D eigenvalue weighted by molar-refractivity contribution is 5.76. The van der Waals surface area contributed by atoms with Crippen molar-refractivity contribution in [1.82, 2.24) is 24.0 Å². The monoisotopic (exact) mass is 442 g/mol. The molecule has 0 bridgehead atoms. The Hall–Kier alpha value is -3.45. The Balaban J connectivity index is 1.20. The van der Waals surface area contributed by atoms with Crippen molar-refractivity contribution < 1.29 is 0 Å². The number of aromatic nitrogens is 4. The molecule has 0 radical (unpaired) electrons. The zero-order valence-electron chi connectivity index (χ0n) is 19.5. The van der Waals surface area contributed by atoms with Crippen molar-refractivity contribution >= 4 is 22.5 Å². The van der Waals surface area contributed by atoms with Crippen LogP contribution in [0.1, 0.15) is 35.6 Å². The summed E-state index contributed by atoms with van der Waals surface area (Å²) in [6.45, 7) is 5.05. The molecule has 4 aromatic rings. The maximum absolute atomic E-state index is 12.2. The molecule has 7 heteroatoms. The first-order valence-electron chi connectivity index (χ1n) is 11.5. The van der Waals surface area contributed by atoms with E-state index in [-0.39, 0.29) is 5.69 Å². The van der Waals surface area contributed by atoms with E-state index in [9.17, 15) is 4.79 Å². The quantitative estimate of drug-likeness (QED) is 0.504. The van der Waals surface area contributed by atoms with Crippen molar-refractivity contribution in [3.8, 4) is 0 Å². The molecule has 7 nitrogen and oxygen atoms in total. The summed E-state index contributed by atoms with van der Waals surface area (Å²) in [6.07, 6.45) is 5.91. The molecule has 0 unspecified atom stereocenters. The highest BCUT2D eigenvalue weighted by atomic mass is 16.1. The number of hydrogen-bond acceptors (Lipinski definition) is 5. The van der Waals surface area contributed by atoms with E-state index >= 15 is 0 Å². The van der Waals surface area contributed by atoms with Gasteiger partial charge in [-0.2, -0.15) is 0 Å². The van der Waals surface area contributed by atoms with Crippen LogP contribution in [0.4, 0.5) is 11.5 Å². The number of hydrogen-bond donors (Lipinski definition) is 1. The largest absolute Gasteiger partial charge is 0.339 e. The minimum absolute atomic E-state index is 0.0202. The lowest BCUT2D eigenvalue weighted by atomic mass is 9.92. The molecule has 0 spiro atoms. The molecule has 1 aliphatic heterocycles. The topological polar surface area (TPSA) is 68.0 Å². The van der Waals surface area contributed by atoms with Crippen molar-refractivity contribution in [2.45, 2.75) is 32.2 Å². The predicted molar refractivity (Wildman–Crippen MR) is 132 cm³/mol. The zero-order chi connectivity index (χ0) is 22.9. The van der Waals surface area contributed by atoms with Crippen molar-refractivity contribution in [2.75, 3.05) is 18.4 Å². The number of nitrogens with zero attached hydrogens (tertiary/aromatic N) is 5. The molecular weight excluding hydrogens is 412 g/mol. The molecule has 0 amide bonds. The summed E-state index contributed by atoms with van der Waals surface area (Å²) in [7, 11) is 3.66. The van der Waals surface area contributed by atoms with Gasteiger partial charge < -0.3 is 5.32 Å². The second-order valence-electron chi connectivity index (χ2n) is 9.04. The summed E-state index contributed by atoms with van der Waals surface area (Å²) in [6, 6.07) is 14.6. The van der Waals surface area contributed by atoms with Gasteiger partial charge in [0.25, 0.3) is 0 Å². The minimum atomic E-state index is 0.0202. The first-order chi connectivity index (χ1) is 16.0. The summed E-state index contributed by atoms with van der Waals surface area (Å²) in [5.41, 5.74) is 6.48. The SMILES string of the molecule is Cc1cccnc1Nc1ccc(C2CCN(Cc3ccc4c(c3)n(C)c(=O)n4C)CC2)nc1. The summed E-state index contributed by atoms with van der Waals surface area (Å²) >= 11 is 0. The molecule has 1 aromatic carbocycles. The molecule has 33 heavy (non-hydrogen) atoms. The van der Waals surface area contributed by atoms with Crippen LogP contribution >= 0.6 is 0 Å². The van der Waals surface area contributed by atoms with Crippen LogP contribution in [0.3, 0.4) is 0 Å². The van der Waals surface area contributed by atoms with Crippen LogP contribution in [0.15, 0.2) is 59.7 Å². The first-order valence-corrected chi connectivity index (χ1v) is 11.5. The third-order valence-corrected chi connectivity index (χ3v) is 6.81. The zero-order valence-corrected chi connectivity index (χ0v) is 19.5. The maximum atomic E-state index is 12.2. The van der Waals surface area contributed by atoms with E-state index in [4.69, 9.17) is 4.98 Å². The van der Waals surface area contributed by atoms with Crippen molar-refractivity contribution in [3.63, 3.8) is 0 Å². The van der Waals surface area contributed by atoms with E-state index in [2.05, 4.69) is 45.5 Å². The molecular formula is C26H30N6O. The van der Waals surface area contributed by atoms with Gasteiger partial charge in [-0.1, -0.05) is 12.1 Å². The smallest absolute Gasteiger partial charge is 0.328 e. The highest BCUT2D eigenvalue weighted by Crippen LogP contribution is 2.29. The molecule has 1 saturated heterocycles. The van der Waals surface area contributed by atoms with Crippen LogP contribution in [-0.4, -0.2) is 37.1 Å². The number of imidazole rings is 1. The lowest BCUT2D eigenvalue weighted by Gasteiger charge is -2.31. The van der Waals surface area contributed by atoms with Crippen molar-refractivity contribution in [2.24, 2.45) is 14.1 Å². The van der Waals surface area contributed by atoms with Gasteiger partial charge in [-0.05, 0) is 74.3 Å². The van der Waals surface area contributed by atoms with Crippen LogP contribution in [0, 0.1) is 6.92 Å². The Morgan fingerprint density at radius 2 is 1.79 bits per heavy atom. The van der Waals surface area contributed by atoms with Gasteiger partial charge in [0.1, 0.15) is 5.82 Å². The number of fused-ring (bicyclic) bond motifs is 1. The van der Waals surface area contributed by atoms with Crippen LogP contribution in [-0.2, 0) is 20.6 Å². The van der Waals surface area contributed by atoms with E-state index in [0.29, 0.717) is 5.92 Å². The standard InChI is InChI=1S/C26H30N6O/c1-18-5-4-12-27-25(18)29-21-7-8-22(28-16-21)20-10-13-32(14-11-20)17-19-6-9-23-24(15-19)31(3)26(33)30(23)2/h4-9,12,15-16,20H,10-11,13-14,17H2,1-3H3,(H,27,29). The summed E-state index contributed by atoms with van der Waals surface area (Å²) in [4.78, 5) is 23.8. The first kappa shape index (κ1) is 21.4. The fourth-order valence-electron chi connectivity index (χ4n) is 4.77. The Morgan fingerprint density at radius 1 is 1.00 bits per heavy atom. The Bertz CT molecular complexity index is 1330. The second kappa shape index (κ2) is 8.83. The minimum Gasteiger partial charge on any atom is -0.339 e. The third kappa shape index (κ3) is 4.28.